The van der Waals surface area contributed by atoms with E-state index in [-0.39, 0.29) is 12.5 Å². The van der Waals surface area contributed by atoms with Gasteiger partial charge in [0, 0.05) is 17.9 Å². The molecule has 0 saturated heterocycles. The number of hydrogen-bond donors (Lipinski definition) is 2. The number of nitrogens with zero attached hydrogens (tertiary/aromatic N) is 3. The van der Waals surface area contributed by atoms with Crippen molar-refractivity contribution >= 4 is 52.7 Å². The van der Waals surface area contributed by atoms with Crippen LogP contribution in [0.5, 0.6) is 0 Å². The Morgan fingerprint density at radius 1 is 1.17 bits per heavy atom. The third-order valence-electron chi connectivity index (χ3n) is 4.31. The van der Waals surface area contributed by atoms with Gasteiger partial charge in [0.25, 0.3) is 0 Å². The van der Waals surface area contributed by atoms with Gasteiger partial charge in [-0.05, 0) is 49.5 Å². The lowest BCUT2D eigenvalue weighted by Gasteiger charge is -2.08. The molecular formula is C21H21Cl2N5OS. The highest BCUT2D eigenvalue weighted by Crippen LogP contribution is 2.25. The van der Waals surface area contributed by atoms with Gasteiger partial charge in [0.1, 0.15) is 6.54 Å². The van der Waals surface area contributed by atoms with Gasteiger partial charge in [-0.1, -0.05) is 47.0 Å². The van der Waals surface area contributed by atoms with Crippen LogP contribution in [0, 0.1) is 11.7 Å². The monoisotopic (exact) mass is 461 g/mol. The molecule has 1 aromatic heterocycles. The molecule has 2 N–H and O–H groups in total. The van der Waals surface area contributed by atoms with Crippen LogP contribution in [0.15, 0.2) is 55.1 Å². The summed E-state index contributed by atoms with van der Waals surface area (Å²) < 4.78 is 3.78. The minimum absolute atomic E-state index is 0.0105. The molecule has 1 heterocycles. The number of halogens is 2. The summed E-state index contributed by atoms with van der Waals surface area (Å²) in [7, 11) is 0. The lowest BCUT2D eigenvalue weighted by atomic mass is 10.2. The quantitative estimate of drug-likeness (QED) is 0.345. The van der Waals surface area contributed by atoms with Crippen molar-refractivity contribution in [1.29, 1.82) is 0 Å². The highest BCUT2D eigenvalue weighted by atomic mass is 35.5. The Morgan fingerprint density at radius 3 is 2.53 bits per heavy atom. The molecule has 0 saturated carbocycles. The molecule has 0 radical (unpaired) electrons. The second kappa shape index (κ2) is 9.93. The molecule has 0 aliphatic carbocycles. The smallest absolute Gasteiger partial charge is 0.246 e. The molecular weight excluding hydrogens is 441 g/mol. The number of aromatic nitrogens is 3. The normalized spacial score (nSPS) is 10.6. The zero-order valence-corrected chi connectivity index (χ0v) is 18.7. The summed E-state index contributed by atoms with van der Waals surface area (Å²) in [6, 6.07) is 12.9. The van der Waals surface area contributed by atoms with Crippen molar-refractivity contribution in [3.8, 4) is 0 Å². The van der Waals surface area contributed by atoms with E-state index in [0.29, 0.717) is 33.7 Å². The Kier molecular flexibility index (Phi) is 7.31. The third kappa shape index (κ3) is 5.50. The Labute approximate surface area is 190 Å². The van der Waals surface area contributed by atoms with E-state index in [1.807, 2.05) is 41.8 Å². The number of anilines is 2. The Morgan fingerprint density at radius 2 is 1.87 bits per heavy atom. The number of nitrogens with one attached hydrogen (secondary N) is 2. The van der Waals surface area contributed by atoms with Crippen molar-refractivity contribution < 1.29 is 4.79 Å². The Bertz CT molecular complexity index is 1120. The highest BCUT2D eigenvalue weighted by Gasteiger charge is 2.13. The molecule has 1 amide bonds. The molecule has 3 aromatic rings. The van der Waals surface area contributed by atoms with Crippen molar-refractivity contribution in [2.75, 3.05) is 10.6 Å². The van der Waals surface area contributed by atoms with Crippen LogP contribution in [-0.4, -0.2) is 20.3 Å². The molecule has 0 unspecified atom stereocenters. The molecule has 0 aliphatic heterocycles. The lowest BCUT2D eigenvalue weighted by Crippen LogP contribution is -2.20. The Hall–Kier alpha value is -2.61. The van der Waals surface area contributed by atoms with Crippen LogP contribution in [0.3, 0.4) is 0 Å². The van der Waals surface area contributed by atoms with Crippen molar-refractivity contribution in [2.45, 2.75) is 26.6 Å². The molecule has 2 aromatic carbocycles. The van der Waals surface area contributed by atoms with Crippen LogP contribution in [0.4, 0.5) is 11.4 Å². The first-order valence-corrected chi connectivity index (χ1v) is 10.4. The number of allylic oxidation sites excluding steroid dienone is 1. The van der Waals surface area contributed by atoms with Crippen LogP contribution >= 0.6 is 35.4 Å². The summed E-state index contributed by atoms with van der Waals surface area (Å²) in [6.07, 6.45) is 1.73. The first kappa shape index (κ1) is 22.1. The fraction of sp³-hybridized carbons (Fsp3) is 0.190. The fourth-order valence-electron chi connectivity index (χ4n) is 2.79. The molecule has 6 nitrogen and oxygen atoms in total. The third-order valence-corrected chi connectivity index (χ3v) is 5.48. The largest absolute Gasteiger partial charge is 0.378 e. The first-order chi connectivity index (χ1) is 14.4. The molecule has 30 heavy (non-hydrogen) atoms. The molecule has 9 heteroatoms. The molecule has 0 atom stereocenters. The van der Waals surface area contributed by atoms with Gasteiger partial charge in [0.2, 0.25) is 5.91 Å². The van der Waals surface area contributed by atoms with Crippen LogP contribution < -0.4 is 10.6 Å². The fourth-order valence-corrected chi connectivity index (χ4v) is 3.38. The van der Waals surface area contributed by atoms with Crippen molar-refractivity contribution in [3.05, 3.63) is 81.3 Å². The molecule has 0 spiro atoms. The number of rotatable bonds is 8. The van der Waals surface area contributed by atoms with E-state index in [2.05, 4.69) is 22.3 Å². The Balaban J connectivity index is 1.74. The number of hydrogen-bond acceptors (Lipinski definition) is 4. The lowest BCUT2D eigenvalue weighted by molar-refractivity contribution is -0.116. The molecule has 3 rings (SSSR count). The van der Waals surface area contributed by atoms with E-state index in [1.165, 1.54) is 4.68 Å². The van der Waals surface area contributed by atoms with E-state index < -0.39 is 0 Å². The maximum absolute atomic E-state index is 12.5. The van der Waals surface area contributed by atoms with Gasteiger partial charge in [-0.2, -0.15) is 5.10 Å². The summed E-state index contributed by atoms with van der Waals surface area (Å²) in [6.45, 7) is 6.65. The van der Waals surface area contributed by atoms with Gasteiger partial charge in [0.05, 0.1) is 16.6 Å². The van der Waals surface area contributed by atoms with Gasteiger partial charge in [-0.3, -0.25) is 9.36 Å². The zero-order chi connectivity index (χ0) is 21.7. The maximum Gasteiger partial charge on any atom is 0.246 e. The predicted octanol–water partition coefficient (Wildman–Crippen LogP) is 5.47. The number of amides is 1. The number of aryl methyl sites for hydroxylation is 1. The van der Waals surface area contributed by atoms with Crippen LogP contribution in [0.25, 0.3) is 0 Å². The summed E-state index contributed by atoms with van der Waals surface area (Å²) in [5.41, 5.74) is 2.65. The van der Waals surface area contributed by atoms with Crippen molar-refractivity contribution in [3.63, 3.8) is 0 Å². The molecule has 156 valence electrons. The number of carbonyl (C=O) groups is 1. The average molecular weight is 462 g/mol. The summed E-state index contributed by atoms with van der Waals surface area (Å²) in [5, 5.41) is 11.6. The number of carbonyl (C=O) groups excluding carboxylic acids is 1. The van der Waals surface area contributed by atoms with Gasteiger partial charge >= 0.3 is 0 Å². The van der Waals surface area contributed by atoms with Crippen molar-refractivity contribution in [2.24, 2.45) is 0 Å². The van der Waals surface area contributed by atoms with Gasteiger partial charge in [-0.15, -0.1) is 6.58 Å². The molecule has 0 bridgehead atoms. The average Bonchev–Trinajstić information content (AvgIpc) is 3.00. The van der Waals surface area contributed by atoms with E-state index in [1.54, 1.807) is 18.2 Å². The predicted molar refractivity (Wildman–Crippen MR) is 125 cm³/mol. The second-order valence-corrected chi connectivity index (χ2v) is 7.83. The highest BCUT2D eigenvalue weighted by molar-refractivity contribution is 7.71. The van der Waals surface area contributed by atoms with Gasteiger partial charge < -0.3 is 10.6 Å². The van der Waals surface area contributed by atoms with Crippen LogP contribution in [0.2, 0.25) is 10.0 Å². The molecule has 0 aliphatic rings. The van der Waals surface area contributed by atoms with E-state index in [0.717, 1.165) is 16.9 Å². The van der Waals surface area contributed by atoms with Gasteiger partial charge in [-0.25, -0.2) is 4.68 Å². The van der Waals surface area contributed by atoms with Crippen molar-refractivity contribution in [1.82, 2.24) is 14.3 Å². The SMILES string of the molecule is C=CCn1c(CNc2ccc(Cl)c(Cl)c2)nn(CC(=O)Nc2ccc(C)cc2)c1=S. The topological polar surface area (TPSA) is 63.9 Å². The second-order valence-electron chi connectivity index (χ2n) is 6.65. The summed E-state index contributed by atoms with van der Waals surface area (Å²) in [5.74, 6) is 0.469. The van der Waals surface area contributed by atoms with Crippen LogP contribution in [0.1, 0.15) is 11.4 Å². The summed E-state index contributed by atoms with van der Waals surface area (Å²) >= 11 is 17.5. The van der Waals surface area contributed by atoms with Gasteiger partial charge in [0.15, 0.2) is 10.6 Å². The minimum atomic E-state index is -0.206. The maximum atomic E-state index is 12.5. The van der Waals surface area contributed by atoms with E-state index in [4.69, 9.17) is 35.4 Å². The van der Waals surface area contributed by atoms with E-state index in [9.17, 15) is 4.79 Å². The van der Waals surface area contributed by atoms with E-state index >= 15 is 0 Å². The van der Waals surface area contributed by atoms with Crippen LogP contribution in [-0.2, 0) is 24.4 Å². The molecule has 0 fully saturated rings. The number of benzene rings is 2. The first-order valence-electron chi connectivity index (χ1n) is 9.20. The zero-order valence-electron chi connectivity index (χ0n) is 16.4. The minimum Gasteiger partial charge on any atom is -0.378 e. The standard InChI is InChI=1S/C21H21Cl2N5OS/c1-3-10-27-19(12-24-16-8-9-17(22)18(23)11-16)26-28(21(27)30)13-20(29)25-15-6-4-14(2)5-7-15/h3-9,11,24H,1,10,12-13H2,2H3,(H,25,29). The summed E-state index contributed by atoms with van der Waals surface area (Å²) in [4.78, 5) is 12.5.